The van der Waals surface area contributed by atoms with Crippen LogP contribution in [-0.2, 0) is 0 Å². The number of rotatable bonds is 7. The Labute approximate surface area is 137 Å². The number of hydrogen-bond donors (Lipinski definition) is 0. The Morgan fingerprint density at radius 3 is 2.91 bits per heavy atom. The molecule has 2 aromatic heterocycles. The van der Waals surface area contributed by atoms with Gasteiger partial charge in [-0.3, -0.25) is 4.57 Å². The van der Waals surface area contributed by atoms with Crippen molar-refractivity contribution in [1.29, 1.82) is 10.5 Å². The summed E-state index contributed by atoms with van der Waals surface area (Å²) in [5, 5.41) is 29.4. The maximum absolute atomic E-state index is 9.16. The quantitative estimate of drug-likeness (QED) is 0.720. The van der Waals surface area contributed by atoms with Gasteiger partial charge in [0.05, 0.1) is 22.9 Å². The lowest BCUT2D eigenvalue weighted by atomic mass is 10.1. The van der Waals surface area contributed by atoms with E-state index in [0.717, 1.165) is 15.9 Å². The Hall–Kier alpha value is -1.83. The zero-order chi connectivity index (χ0) is 15.4. The highest BCUT2D eigenvalue weighted by Crippen LogP contribution is 2.42. The Kier molecular flexibility index (Phi) is 4.77. The maximum atomic E-state index is 9.16. The molecule has 22 heavy (non-hydrogen) atoms. The van der Waals surface area contributed by atoms with Crippen LogP contribution < -0.4 is 0 Å². The van der Waals surface area contributed by atoms with Crippen LogP contribution in [0.15, 0.2) is 22.7 Å². The van der Waals surface area contributed by atoms with Crippen LogP contribution in [0, 0.1) is 28.6 Å². The summed E-state index contributed by atoms with van der Waals surface area (Å²) in [5.41, 5.74) is 0. The minimum absolute atomic E-state index is 0.112. The zero-order valence-corrected chi connectivity index (χ0v) is 13.6. The van der Waals surface area contributed by atoms with E-state index < -0.39 is 0 Å². The Balaban J connectivity index is 1.74. The van der Waals surface area contributed by atoms with Gasteiger partial charge >= 0.3 is 0 Å². The molecule has 0 N–H and O–H groups in total. The van der Waals surface area contributed by atoms with Gasteiger partial charge in [-0.25, -0.2) is 0 Å². The number of aromatic nitrogens is 3. The molecule has 112 valence electrons. The molecule has 1 aliphatic carbocycles. The summed E-state index contributed by atoms with van der Waals surface area (Å²) in [7, 11) is 0. The van der Waals surface area contributed by atoms with Gasteiger partial charge in [0.15, 0.2) is 11.0 Å². The molecule has 5 nitrogen and oxygen atoms in total. The number of nitriles is 2. The molecule has 0 unspecified atom stereocenters. The Morgan fingerprint density at radius 1 is 1.41 bits per heavy atom. The van der Waals surface area contributed by atoms with Gasteiger partial charge in [-0.05, 0) is 30.7 Å². The van der Waals surface area contributed by atoms with Crippen molar-refractivity contribution in [2.45, 2.75) is 36.9 Å². The SMILES string of the molecule is N#CCC[C@H](C#N)CSc1nnc(-c2cccs2)n1C1CC1. The molecule has 2 aromatic rings. The van der Waals surface area contributed by atoms with Gasteiger partial charge in [0.25, 0.3) is 0 Å². The number of thiophene rings is 1. The summed E-state index contributed by atoms with van der Waals surface area (Å²) < 4.78 is 2.22. The highest BCUT2D eigenvalue weighted by Gasteiger charge is 2.30. The molecule has 0 aliphatic heterocycles. The zero-order valence-electron chi connectivity index (χ0n) is 12.0. The molecule has 3 rings (SSSR count). The van der Waals surface area contributed by atoms with Crippen LogP contribution in [0.2, 0.25) is 0 Å². The van der Waals surface area contributed by atoms with E-state index in [1.54, 1.807) is 23.1 Å². The number of nitrogens with zero attached hydrogens (tertiary/aromatic N) is 5. The lowest BCUT2D eigenvalue weighted by molar-refractivity contribution is 0.659. The molecule has 0 bridgehead atoms. The molecule has 0 radical (unpaired) electrons. The molecule has 0 saturated heterocycles. The molecule has 2 heterocycles. The van der Waals surface area contributed by atoms with Crippen LogP contribution >= 0.6 is 23.1 Å². The normalized spacial score (nSPS) is 15.2. The lowest BCUT2D eigenvalue weighted by Crippen LogP contribution is -2.03. The second-order valence-corrected chi connectivity index (χ2v) is 7.15. The molecule has 1 saturated carbocycles. The summed E-state index contributed by atoms with van der Waals surface area (Å²) in [6.45, 7) is 0. The molecule has 1 fully saturated rings. The predicted octanol–water partition coefficient (Wildman–Crippen LogP) is 3.88. The summed E-state index contributed by atoms with van der Waals surface area (Å²) in [6, 6.07) is 8.96. The largest absolute Gasteiger partial charge is 0.298 e. The van der Waals surface area contributed by atoms with Crippen molar-refractivity contribution in [2.24, 2.45) is 5.92 Å². The molecule has 1 aliphatic rings. The first-order valence-electron chi connectivity index (χ1n) is 7.21. The van der Waals surface area contributed by atoms with Gasteiger partial charge < -0.3 is 0 Å². The smallest absolute Gasteiger partial charge is 0.191 e. The molecule has 0 aromatic carbocycles. The van der Waals surface area contributed by atoms with E-state index in [4.69, 9.17) is 10.5 Å². The second kappa shape index (κ2) is 6.95. The van der Waals surface area contributed by atoms with Crippen LogP contribution in [0.4, 0.5) is 0 Å². The van der Waals surface area contributed by atoms with Gasteiger partial charge in [-0.1, -0.05) is 17.8 Å². The highest BCUT2D eigenvalue weighted by atomic mass is 32.2. The predicted molar refractivity (Wildman–Crippen MR) is 86.3 cm³/mol. The van der Waals surface area contributed by atoms with Gasteiger partial charge in [-0.2, -0.15) is 10.5 Å². The monoisotopic (exact) mass is 329 g/mol. The summed E-state index contributed by atoms with van der Waals surface area (Å²) in [5.74, 6) is 1.48. The first-order chi connectivity index (χ1) is 10.8. The van der Waals surface area contributed by atoms with Gasteiger partial charge in [0.1, 0.15) is 0 Å². The molecule has 1 atom stereocenters. The highest BCUT2D eigenvalue weighted by molar-refractivity contribution is 7.99. The van der Waals surface area contributed by atoms with E-state index in [1.165, 1.54) is 12.8 Å². The average molecular weight is 329 g/mol. The van der Waals surface area contributed by atoms with Crippen LogP contribution in [0.25, 0.3) is 10.7 Å². The lowest BCUT2D eigenvalue weighted by Gasteiger charge is -2.09. The van der Waals surface area contributed by atoms with Crippen molar-refractivity contribution >= 4 is 23.1 Å². The van der Waals surface area contributed by atoms with Crippen molar-refractivity contribution in [3.8, 4) is 22.8 Å². The molecular formula is C15H15N5S2. The van der Waals surface area contributed by atoms with Crippen molar-refractivity contribution in [3.63, 3.8) is 0 Å². The third kappa shape index (κ3) is 3.32. The van der Waals surface area contributed by atoms with E-state index in [-0.39, 0.29) is 5.92 Å². The molecule has 7 heteroatoms. The minimum Gasteiger partial charge on any atom is -0.298 e. The standard InChI is InChI=1S/C15H15N5S2/c16-7-1-3-11(9-17)10-22-15-19-18-14(13-4-2-8-21-13)20(15)12-5-6-12/h2,4,8,11-12H,1,3,5-6,10H2/t11-/m1/s1. The minimum atomic E-state index is -0.112. The van der Waals surface area contributed by atoms with E-state index in [2.05, 4.69) is 33.0 Å². The summed E-state index contributed by atoms with van der Waals surface area (Å²) >= 11 is 3.25. The topological polar surface area (TPSA) is 78.3 Å². The average Bonchev–Trinajstić information content (AvgIpc) is 3.07. The van der Waals surface area contributed by atoms with E-state index in [0.29, 0.717) is 24.6 Å². The van der Waals surface area contributed by atoms with Crippen molar-refractivity contribution in [3.05, 3.63) is 17.5 Å². The Morgan fingerprint density at radius 2 is 2.27 bits per heavy atom. The van der Waals surface area contributed by atoms with Gasteiger partial charge in [0.2, 0.25) is 0 Å². The summed E-state index contributed by atoms with van der Waals surface area (Å²) in [4.78, 5) is 1.13. The van der Waals surface area contributed by atoms with E-state index >= 15 is 0 Å². The molecule has 0 amide bonds. The first kappa shape index (κ1) is 15.1. The summed E-state index contributed by atoms with van der Waals surface area (Å²) in [6.07, 6.45) is 3.38. The second-order valence-electron chi connectivity index (χ2n) is 5.22. The first-order valence-corrected chi connectivity index (χ1v) is 9.08. The maximum Gasteiger partial charge on any atom is 0.191 e. The Bertz CT molecular complexity index is 703. The molecule has 0 spiro atoms. The third-order valence-electron chi connectivity index (χ3n) is 3.52. The van der Waals surface area contributed by atoms with Crippen LogP contribution in [0.3, 0.4) is 0 Å². The van der Waals surface area contributed by atoms with Crippen LogP contribution in [0.5, 0.6) is 0 Å². The number of thioether (sulfide) groups is 1. The third-order valence-corrected chi connectivity index (χ3v) is 5.49. The fourth-order valence-corrected chi connectivity index (χ4v) is 3.98. The fraction of sp³-hybridized carbons (Fsp3) is 0.467. The van der Waals surface area contributed by atoms with Crippen LogP contribution in [-0.4, -0.2) is 20.5 Å². The van der Waals surface area contributed by atoms with Crippen LogP contribution in [0.1, 0.15) is 31.7 Å². The van der Waals surface area contributed by atoms with Crippen molar-refractivity contribution in [2.75, 3.05) is 5.75 Å². The molecular weight excluding hydrogens is 314 g/mol. The van der Waals surface area contributed by atoms with Crippen molar-refractivity contribution in [1.82, 2.24) is 14.8 Å². The fourth-order valence-electron chi connectivity index (χ4n) is 2.21. The van der Waals surface area contributed by atoms with E-state index in [9.17, 15) is 0 Å². The number of hydrogen-bond acceptors (Lipinski definition) is 6. The van der Waals surface area contributed by atoms with Gasteiger partial charge in [-0.15, -0.1) is 21.5 Å². The van der Waals surface area contributed by atoms with E-state index in [1.807, 2.05) is 11.4 Å². The van der Waals surface area contributed by atoms with Crippen molar-refractivity contribution < 1.29 is 0 Å². The van der Waals surface area contributed by atoms with Gasteiger partial charge in [0, 0.05) is 18.2 Å².